The van der Waals surface area contributed by atoms with Crippen LogP contribution < -0.4 is 10.1 Å². The zero-order valence-electron chi connectivity index (χ0n) is 17.3. The van der Waals surface area contributed by atoms with Crippen LogP contribution in [0.25, 0.3) is 11.3 Å². The van der Waals surface area contributed by atoms with E-state index in [1.807, 2.05) is 39.0 Å². The molecule has 0 fully saturated rings. The number of carbonyl (C=O) groups excluding carboxylic acids is 1. The van der Waals surface area contributed by atoms with E-state index >= 15 is 0 Å². The van der Waals surface area contributed by atoms with Crippen molar-refractivity contribution in [2.75, 3.05) is 13.7 Å². The average molecular weight is 398 g/mol. The van der Waals surface area contributed by atoms with Crippen molar-refractivity contribution in [3.63, 3.8) is 0 Å². The Kier molecular flexibility index (Phi) is 8.40. The highest BCUT2D eigenvalue weighted by atomic mass is 19.1. The minimum absolute atomic E-state index is 0.204. The van der Waals surface area contributed by atoms with E-state index in [1.54, 1.807) is 19.4 Å². The average Bonchev–Trinajstić information content (AvgIpc) is 3.22. The minimum atomic E-state index is -0.352. The van der Waals surface area contributed by atoms with E-state index in [4.69, 9.17) is 9.15 Å². The van der Waals surface area contributed by atoms with Gasteiger partial charge in [0.2, 0.25) is 0 Å². The lowest BCUT2D eigenvalue weighted by Crippen LogP contribution is -2.24. The summed E-state index contributed by atoms with van der Waals surface area (Å²) in [6.07, 6.45) is 5.63. The van der Waals surface area contributed by atoms with Gasteiger partial charge in [0.05, 0.1) is 25.1 Å². The summed E-state index contributed by atoms with van der Waals surface area (Å²) >= 11 is 0. The van der Waals surface area contributed by atoms with Crippen molar-refractivity contribution >= 4 is 5.91 Å². The molecule has 1 aromatic carbocycles. The number of rotatable bonds is 7. The molecule has 2 aromatic heterocycles. The van der Waals surface area contributed by atoms with Gasteiger partial charge in [0.1, 0.15) is 17.3 Å². The van der Waals surface area contributed by atoms with Crippen molar-refractivity contribution in [3.05, 3.63) is 71.5 Å². The first kappa shape index (κ1) is 22.1. The number of halogens is 1. The van der Waals surface area contributed by atoms with Crippen molar-refractivity contribution < 1.29 is 18.3 Å². The highest BCUT2D eigenvalue weighted by Gasteiger charge is 2.16. The number of nitrogens with one attached hydrogen (secondary N) is 1. The van der Waals surface area contributed by atoms with E-state index in [0.717, 1.165) is 22.4 Å². The van der Waals surface area contributed by atoms with Crippen molar-refractivity contribution in [1.29, 1.82) is 0 Å². The Balaban J connectivity index is 0.00000145. The molecule has 0 aliphatic rings. The lowest BCUT2D eigenvalue weighted by atomic mass is 10.1. The molecule has 0 aliphatic heterocycles. The fourth-order valence-corrected chi connectivity index (χ4v) is 2.91. The van der Waals surface area contributed by atoms with Crippen molar-refractivity contribution in [3.8, 4) is 17.1 Å². The first-order valence-electron chi connectivity index (χ1n) is 9.68. The summed E-state index contributed by atoms with van der Waals surface area (Å²) in [5.41, 5.74) is 3.06. The van der Waals surface area contributed by atoms with Gasteiger partial charge in [-0.3, -0.25) is 9.78 Å². The lowest BCUT2D eigenvalue weighted by molar-refractivity contribution is 0.0953. The fourth-order valence-electron chi connectivity index (χ4n) is 2.91. The number of carbonyl (C=O) groups is 1. The topological polar surface area (TPSA) is 64.4 Å². The van der Waals surface area contributed by atoms with Crippen LogP contribution in [-0.4, -0.2) is 24.5 Å². The van der Waals surface area contributed by atoms with E-state index in [0.29, 0.717) is 30.7 Å². The lowest BCUT2D eigenvalue weighted by Gasteiger charge is -2.08. The molecule has 29 heavy (non-hydrogen) atoms. The standard InChI is InChI=1S/C21H21FN2O3.C2H6/c1-14-10-16(5-6-19(14)26-2)20-18(7-9-27-20)21(25)24-8-3-4-15-11-17(22)13-23-12-15;1-2/h5-7,9-13H,3-4,8H2,1-2H3,(H,24,25);1-2H3. The van der Waals surface area contributed by atoms with Crippen LogP contribution in [0.15, 0.2) is 53.4 Å². The molecular weight excluding hydrogens is 371 g/mol. The smallest absolute Gasteiger partial charge is 0.255 e. The highest BCUT2D eigenvalue weighted by Crippen LogP contribution is 2.29. The van der Waals surface area contributed by atoms with Gasteiger partial charge in [-0.15, -0.1) is 0 Å². The molecule has 2 heterocycles. The summed E-state index contributed by atoms with van der Waals surface area (Å²) in [6, 6.07) is 8.74. The molecule has 1 N–H and O–H groups in total. The second kappa shape index (κ2) is 11.0. The maximum atomic E-state index is 13.1. The van der Waals surface area contributed by atoms with Gasteiger partial charge in [-0.05, 0) is 61.2 Å². The Morgan fingerprint density at radius 1 is 1.21 bits per heavy atom. The van der Waals surface area contributed by atoms with E-state index in [9.17, 15) is 9.18 Å². The quantitative estimate of drug-likeness (QED) is 0.557. The number of benzene rings is 1. The molecule has 0 atom stereocenters. The van der Waals surface area contributed by atoms with Gasteiger partial charge in [0.25, 0.3) is 5.91 Å². The van der Waals surface area contributed by atoms with Crippen LogP contribution in [0.1, 0.15) is 41.8 Å². The number of nitrogens with zero attached hydrogens (tertiary/aromatic N) is 1. The van der Waals surface area contributed by atoms with E-state index in [2.05, 4.69) is 10.3 Å². The second-order valence-corrected chi connectivity index (χ2v) is 6.22. The van der Waals surface area contributed by atoms with Crippen LogP contribution in [0.5, 0.6) is 5.75 Å². The highest BCUT2D eigenvalue weighted by molar-refractivity contribution is 5.99. The van der Waals surface area contributed by atoms with Crippen LogP contribution in [0.3, 0.4) is 0 Å². The van der Waals surface area contributed by atoms with Crippen molar-refractivity contribution in [2.24, 2.45) is 0 Å². The normalized spacial score (nSPS) is 10.1. The first-order valence-corrected chi connectivity index (χ1v) is 9.68. The Bertz CT molecular complexity index is 937. The number of furan rings is 1. The predicted molar refractivity (Wildman–Crippen MR) is 112 cm³/mol. The molecule has 6 heteroatoms. The Morgan fingerprint density at radius 2 is 2.00 bits per heavy atom. The first-order chi connectivity index (χ1) is 14.1. The van der Waals surface area contributed by atoms with Crippen LogP contribution >= 0.6 is 0 Å². The molecule has 0 spiro atoms. The number of pyridine rings is 1. The summed E-state index contributed by atoms with van der Waals surface area (Å²) in [6.45, 7) is 6.41. The number of amides is 1. The van der Waals surface area contributed by atoms with Crippen LogP contribution in [0.4, 0.5) is 4.39 Å². The predicted octanol–water partition coefficient (Wildman–Crippen LogP) is 5.19. The van der Waals surface area contributed by atoms with E-state index < -0.39 is 0 Å². The molecule has 154 valence electrons. The minimum Gasteiger partial charge on any atom is -0.496 e. The number of hydrogen-bond acceptors (Lipinski definition) is 4. The zero-order chi connectivity index (χ0) is 21.2. The maximum Gasteiger partial charge on any atom is 0.255 e. The zero-order valence-corrected chi connectivity index (χ0v) is 17.3. The summed E-state index contributed by atoms with van der Waals surface area (Å²) in [5, 5.41) is 2.88. The Hall–Kier alpha value is -3.15. The van der Waals surface area contributed by atoms with Gasteiger partial charge in [-0.2, -0.15) is 0 Å². The Labute approximate surface area is 170 Å². The van der Waals surface area contributed by atoms with Gasteiger partial charge in [-0.1, -0.05) is 13.8 Å². The number of aryl methyl sites for hydroxylation is 2. The molecule has 3 rings (SSSR count). The van der Waals surface area contributed by atoms with E-state index in [-0.39, 0.29) is 11.7 Å². The summed E-state index contributed by atoms with van der Waals surface area (Å²) in [5.74, 6) is 0.745. The number of methoxy groups -OCH3 is 1. The monoisotopic (exact) mass is 398 g/mol. The van der Waals surface area contributed by atoms with Gasteiger partial charge < -0.3 is 14.5 Å². The third-order valence-electron chi connectivity index (χ3n) is 4.26. The van der Waals surface area contributed by atoms with Crippen LogP contribution in [0, 0.1) is 12.7 Å². The van der Waals surface area contributed by atoms with Crippen LogP contribution in [0.2, 0.25) is 0 Å². The summed E-state index contributed by atoms with van der Waals surface area (Å²) in [4.78, 5) is 16.3. The largest absolute Gasteiger partial charge is 0.496 e. The van der Waals surface area contributed by atoms with Gasteiger partial charge in [-0.25, -0.2) is 4.39 Å². The maximum absolute atomic E-state index is 13.1. The second-order valence-electron chi connectivity index (χ2n) is 6.22. The SMILES string of the molecule is CC.COc1ccc(-c2occc2C(=O)NCCCc2cncc(F)c2)cc1C. The molecule has 5 nitrogen and oxygen atoms in total. The number of aromatic nitrogens is 1. The molecule has 0 saturated heterocycles. The van der Waals surface area contributed by atoms with Gasteiger partial charge in [0.15, 0.2) is 0 Å². The Morgan fingerprint density at radius 3 is 2.69 bits per heavy atom. The third kappa shape index (κ3) is 5.91. The molecule has 0 radical (unpaired) electrons. The van der Waals surface area contributed by atoms with E-state index in [1.165, 1.54) is 18.5 Å². The molecule has 0 aliphatic carbocycles. The third-order valence-corrected chi connectivity index (χ3v) is 4.26. The molecule has 3 aromatic rings. The number of ether oxygens (including phenoxy) is 1. The molecule has 0 saturated carbocycles. The molecule has 0 bridgehead atoms. The number of hydrogen-bond donors (Lipinski definition) is 1. The van der Waals surface area contributed by atoms with Gasteiger partial charge >= 0.3 is 0 Å². The van der Waals surface area contributed by atoms with Gasteiger partial charge in [0, 0.05) is 18.3 Å². The fraction of sp³-hybridized carbons (Fsp3) is 0.304. The molecule has 0 unspecified atom stereocenters. The van der Waals surface area contributed by atoms with Crippen molar-refractivity contribution in [1.82, 2.24) is 10.3 Å². The van der Waals surface area contributed by atoms with Crippen molar-refractivity contribution in [2.45, 2.75) is 33.6 Å². The molecule has 1 amide bonds. The van der Waals surface area contributed by atoms with Crippen LogP contribution in [-0.2, 0) is 6.42 Å². The summed E-state index contributed by atoms with van der Waals surface area (Å²) in [7, 11) is 1.62. The summed E-state index contributed by atoms with van der Waals surface area (Å²) < 4.78 is 23.9. The molecular formula is C23H27FN2O3.